The van der Waals surface area contributed by atoms with Crippen LogP contribution in [0.3, 0.4) is 0 Å². The Labute approximate surface area is 143 Å². The molecule has 0 spiro atoms. The van der Waals surface area contributed by atoms with Crippen molar-refractivity contribution < 1.29 is 17.9 Å². The van der Waals surface area contributed by atoms with Gasteiger partial charge in [0.25, 0.3) is 0 Å². The van der Waals surface area contributed by atoms with Crippen LogP contribution in [0.1, 0.15) is 11.1 Å². The third kappa shape index (κ3) is 2.99. The monoisotopic (exact) mass is 346 g/mol. The molecule has 0 fully saturated rings. The molecule has 3 rings (SSSR count). The molecule has 0 N–H and O–H groups in total. The fourth-order valence-corrected chi connectivity index (χ4v) is 2.95. The van der Waals surface area contributed by atoms with E-state index in [2.05, 4.69) is 11.7 Å². The van der Waals surface area contributed by atoms with Crippen LogP contribution in [-0.2, 0) is 12.7 Å². The lowest BCUT2D eigenvalue weighted by Crippen LogP contribution is -2.06. The van der Waals surface area contributed by atoms with E-state index < -0.39 is 11.7 Å². The maximum Gasteiger partial charge on any atom is 0.418 e. The lowest BCUT2D eigenvalue weighted by atomic mass is 10.0. The number of ether oxygens (including phenoxy) is 1. The van der Waals surface area contributed by atoms with Crippen LogP contribution in [0.25, 0.3) is 22.2 Å². The zero-order valence-corrected chi connectivity index (χ0v) is 13.9. The van der Waals surface area contributed by atoms with Gasteiger partial charge in [0.05, 0.1) is 24.9 Å². The predicted octanol–water partition coefficient (Wildman–Crippen LogP) is 5.23. The summed E-state index contributed by atoms with van der Waals surface area (Å²) in [6.07, 6.45) is -2.85. The summed E-state index contributed by atoms with van der Waals surface area (Å²) in [5.41, 5.74) is 1.55. The zero-order valence-electron chi connectivity index (χ0n) is 13.9. The maximum absolute atomic E-state index is 13.3. The summed E-state index contributed by atoms with van der Waals surface area (Å²) in [6.45, 7) is 5.88. The predicted molar refractivity (Wildman–Crippen MR) is 91.7 cm³/mol. The van der Waals surface area contributed by atoms with Crippen LogP contribution in [0.2, 0.25) is 0 Å². The fourth-order valence-electron chi connectivity index (χ4n) is 2.95. The summed E-state index contributed by atoms with van der Waals surface area (Å²) in [6, 6.07) is 9.60. The molecule has 0 bridgehead atoms. The molecule has 0 saturated heterocycles. The lowest BCUT2D eigenvalue weighted by molar-refractivity contribution is -0.136. The van der Waals surface area contributed by atoms with Gasteiger partial charge < -0.3 is 4.74 Å². The molecule has 3 aromatic rings. The van der Waals surface area contributed by atoms with Crippen LogP contribution in [0.4, 0.5) is 13.2 Å². The van der Waals surface area contributed by atoms with Crippen LogP contribution < -0.4 is 4.74 Å². The molecule has 1 heterocycles. The van der Waals surface area contributed by atoms with Crippen molar-refractivity contribution in [1.29, 1.82) is 0 Å². The first kappa shape index (κ1) is 17.1. The lowest BCUT2D eigenvalue weighted by Gasteiger charge is -2.11. The number of aryl methyl sites for hydroxylation is 1. The molecule has 130 valence electrons. The standard InChI is InChI=1S/C19H17F3N2O/c1-4-10-24-18(14-9-8-13(25-3)11-12(14)2)15-6-5-7-16(17(15)23-24)19(20,21)22/h4-9,11H,1,10H2,2-3H3. The van der Waals surface area contributed by atoms with Gasteiger partial charge in [0.2, 0.25) is 0 Å². The van der Waals surface area contributed by atoms with E-state index in [0.29, 0.717) is 23.4 Å². The molecule has 0 aliphatic carbocycles. The molecule has 6 heteroatoms. The van der Waals surface area contributed by atoms with Crippen LogP contribution in [-0.4, -0.2) is 16.9 Å². The highest BCUT2D eigenvalue weighted by Crippen LogP contribution is 2.39. The molecule has 0 saturated carbocycles. The number of halogens is 3. The van der Waals surface area contributed by atoms with Gasteiger partial charge in [-0.2, -0.15) is 18.3 Å². The molecule has 0 radical (unpaired) electrons. The van der Waals surface area contributed by atoms with Crippen molar-refractivity contribution in [3.05, 3.63) is 60.2 Å². The second-order valence-electron chi connectivity index (χ2n) is 5.70. The summed E-state index contributed by atoms with van der Waals surface area (Å²) in [4.78, 5) is 0. The Hall–Kier alpha value is -2.76. The zero-order chi connectivity index (χ0) is 18.2. The summed E-state index contributed by atoms with van der Waals surface area (Å²) >= 11 is 0. The first-order valence-corrected chi connectivity index (χ1v) is 7.69. The third-order valence-electron chi connectivity index (χ3n) is 4.07. The fraction of sp³-hybridized carbons (Fsp3) is 0.211. The van der Waals surface area contributed by atoms with E-state index in [1.807, 2.05) is 19.1 Å². The first-order valence-electron chi connectivity index (χ1n) is 7.69. The van der Waals surface area contributed by atoms with Gasteiger partial charge in [-0.25, -0.2) is 0 Å². The van der Waals surface area contributed by atoms with Crippen LogP contribution in [0.5, 0.6) is 5.75 Å². The Bertz CT molecular complexity index is 942. The van der Waals surface area contributed by atoms with Gasteiger partial charge in [-0.15, -0.1) is 6.58 Å². The van der Waals surface area contributed by atoms with Crippen LogP contribution >= 0.6 is 0 Å². The van der Waals surface area contributed by atoms with Gasteiger partial charge in [-0.1, -0.05) is 18.2 Å². The number of hydrogen-bond donors (Lipinski definition) is 0. The molecule has 3 nitrogen and oxygen atoms in total. The Morgan fingerprint density at radius 2 is 2.00 bits per heavy atom. The number of nitrogens with zero attached hydrogens (tertiary/aromatic N) is 2. The Balaban J connectivity index is 2.34. The average molecular weight is 346 g/mol. The van der Waals surface area contributed by atoms with Gasteiger partial charge in [0, 0.05) is 10.9 Å². The number of benzene rings is 2. The normalized spacial score (nSPS) is 11.7. The van der Waals surface area contributed by atoms with E-state index in [4.69, 9.17) is 4.74 Å². The topological polar surface area (TPSA) is 27.1 Å². The summed E-state index contributed by atoms with van der Waals surface area (Å²) in [7, 11) is 1.57. The van der Waals surface area contributed by atoms with Crippen LogP contribution in [0.15, 0.2) is 49.1 Å². The van der Waals surface area contributed by atoms with Crippen molar-refractivity contribution in [1.82, 2.24) is 9.78 Å². The minimum Gasteiger partial charge on any atom is -0.497 e. The summed E-state index contributed by atoms with van der Waals surface area (Å²) in [5.74, 6) is 0.691. The highest BCUT2D eigenvalue weighted by molar-refractivity contribution is 5.96. The SMILES string of the molecule is C=CCn1nc2c(C(F)(F)F)cccc2c1-c1ccc(OC)cc1C. The molecule has 0 aliphatic heterocycles. The molecular formula is C19H17F3N2O. The van der Waals surface area contributed by atoms with Crippen molar-refractivity contribution in [2.75, 3.05) is 7.11 Å². The smallest absolute Gasteiger partial charge is 0.418 e. The van der Waals surface area contributed by atoms with E-state index in [9.17, 15) is 13.2 Å². The van der Waals surface area contributed by atoms with Crippen molar-refractivity contribution in [2.24, 2.45) is 0 Å². The molecule has 0 amide bonds. The van der Waals surface area contributed by atoms with Crippen molar-refractivity contribution in [2.45, 2.75) is 19.6 Å². The summed E-state index contributed by atoms with van der Waals surface area (Å²) < 4.78 is 46.8. The van der Waals surface area contributed by atoms with E-state index in [1.165, 1.54) is 6.07 Å². The van der Waals surface area contributed by atoms with Gasteiger partial charge in [0.15, 0.2) is 0 Å². The number of fused-ring (bicyclic) bond motifs is 1. The minimum atomic E-state index is -4.46. The average Bonchev–Trinajstić information content (AvgIpc) is 2.92. The maximum atomic E-state index is 13.3. The number of aromatic nitrogens is 2. The third-order valence-corrected chi connectivity index (χ3v) is 4.07. The second-order valence-corrected chi connectivity index (χ2v) is 5.70. The van der Waals surface area contributed by atoms with E-state index >= 15 is 0 Å². The van der Waals surface area contributed by atoms with Crippen molar-refractivity contribution in [3.8, 4) is 17.0 Å². The van der Waals surface area contributed by atoms with E-state index in [1.54, 1.807) is 30.0 Å². The molecule has 0 aliphatic rings. The number of methoxy groups -OCH3 is 1. The van der Waals surface area contributed by atoms with Crippen LogP contribution in [0, 0.1) is 6.92 Å². The molecule has 2 aromatic carbocycles. The Morgan fingerprint density at radius 3 is 2.60 bits per heavy atom. The summed E-state index contributed by atoms with van der Waals surface area (Å²) in [5, 5.41) is 4.69. The molecule has 0 unspecified atom stereocenters. The molecule has 1 aromatic heterocycles. The number of alkyl halides is 3. The number of hydrogen-bond acceptors (Lipinski definition) is 2. The highest BCUT2D eigenvalue weighted by atomic mass is 19.4. The quantitative estimate of drug-likeness (QED) is 0.605. The van der Waals surface area contributed by atoms with Gasteiger partial charge >= 0.3 is 6.18 Å². The van der Waals surface area contributed by atoms with Gasteiger partial charge in [-0.05, 0) is 36.8 Å². The number of allylic oxidation sites excluding steroid dienone is 1. The van der Waals surface area contributed by atoms with Crippen molar-refractivity contribution >= 4 is 10.9 Å². The van der Waals surface area contributed by atoms with E-state index in [0.717, 1.165) is 17.2 Å². The Morgan fingerprint density at radius 1 is 1.24 bits per heavy atom. The minimum absolute atomic E-state index is 0.0536. The largest absolute Gasteiger partial charge is 0.497 e. The Kier molecular flexibility index (Phi) is 4.29. The molecule has 25 heavy (non-hydrogen) atoms. The molecule has 0 atom stereocenters. The van der Waals surface area contributed by atoms with Crippen molar-refractivity contribution in [3.63, 3.8) is 0 Å². The molecular weight excluding hydrogens is 329 g/mol. The number of rotatable bonds is 4. The second kappa shape index (κ2) is 6.27. The highest BCUT2D eigenvalue weighted by Gasteiger charge is 2.34. The van der Waals surface area contributed by atoms with E-state index in [-0.39, 0.29) is 5.52 Å². The first-order chi connectivity index (χ1) is 11.9. The van der Waals surface area contributed by atoms with Gasteiger partial charge in [0.1, 0.15) is 11.3 Å². The van der Waals surface area contributed by atoms with Gasteiger partial charge in [-0.3, -0.25) is 4.68 Å².